The minimum Gasteiger partial charge on any atom is -0.323 e. The summed E-state index contributed by atoms with van der Waals surface area (Å²) in [5.41, 5.74) is 1.29. The van der Waals surface area contributed by atoms with E-state index in [4.69, 9.17) is 11.6 Å². The van der Waals surface area contributed by atoms with E-state index in [2.05, 4.69) is 5.32 Å². The molecular formula is C17H18ClFN2O. The maximum Gasteiger partial charge on any atom is 0.246 e. The predicted molar refractivity (Wildman–Crippen MR) is 87.5 cm³/mol. The van der Waals surface area contributed by atoms with E-state index in [9.17, 15) is 9.18 Å². The number of hydrogen-bond donors (Lipinski definition) is 1. The maximum atomic E-state index is 13.1. The molecule has 2 aromatic carbocycles. The summed E-state index contributed by atoms with van der Waals surface area (Å²) >= 11 is 5.97. The van der Waals surface area contributed by atoms with Gasteiger partial charge in [0.1, 0.15) is 11.9 Å². The number of carbonyl (C=O) groups excluding carboxylic acids is 1. The first kappa shape index (κ1) is 16.5. The molecule has 1 N–H and O–H groups in total. The molecule has 0 aliphatic rings. The molecule has 2 rings (SSSR count). The first-order valence-corrected chi connectivity index (χ1v) is 7.41. The van der Waals surface area contributed by atoms with E-state index in [1.807, 2.05) is 49.2 Å². The van der Waals surface area contributed by atoms with Crippen LogP contribution in [0.3, 0.4) is 0 Å². The van der Waals surface area contributed by atoms with E-state index < -0.39 is 11.9 Å². The Bertz CT molecular complexity index is 648. The van der Waals surface area contributed by atoms with Gasteiger partial charge in [-0.15, -0.1) is 0 Å². The van der Waals surface area contributed by atoms with E-state index in [0.717, 1.165) is 5.56 Å². The molecule has 0 bridgehead atoms. The smallest absolute Gasteiger partial charge is 0.246 e. The fourth-order valence-corrected chi connectivity index (χ4v) is 2.43. The molecule has 0 aromatic heterocycles. The highest BCUT2D eigenvalue weighted by atomic mass is 35.5. The summed E-state index contributed by atoms with van der Waals surface area (Å²) in [5, 5.41) is 2.95. The molecule has 1 atom stereocenters. The van der Waals surface area contributed by atoms with Crippen LogP contribution in [0.4, 0.5) is 10.1 Å². The molecule has 0 unspecified atom stereocenters. The lowest BCUT2D eigenvalue weighted by atomic mass is 10.0. The molecule has 0 saturated carbocycles. The van der Waals surface area contributed by atoms with Gasteiger partial charge in [-0.3, -0.25) is 9.69 Å². The lowest BCUT2D eigenvalue weighted by Crippen LogP contribution is -2.34. The van der Waals surface area contributed by atoms with Crippen LogP contribution in [0.5, 0.6) is 0 Å². The largest absolute Gasteiger partial charge is 0.323 e. The Morgan fingerprint density at radius 2 is 1.95 bits per heavy atom. The second kappa shape index (κ2) is 7.38. The standard InChI is InChI=1S/C17H18ClFN2O/c1-3-21(2)16(12-7-5-4-6-8-12)17(22)20-15-10-9-13(19)11-14(15)18/h4-11,16H,3H2,1-2H3,(H,20,22)/t16-/m1/s1. The van der Waals surface area contributed by atoms with Crippen molar-refractivity contribution < 1.29 is 9.18 Å². The molecule has 1 amide bonds. The number of nitrogens with zero attached hydrogens (tertiary/aromatic N) is 1. The monoisotopic (exact) mass is 320 g/mol. The third kappa shape index (κ3) is 3.84. The number of hydrogen-bond acceptors (Lipinski definition) is 2. The second-order valence-corrected chi connectivity index (χ2v) is 5.41. The Kier molecular flexibility index (Phi) is 5.52. The van der Waals surface area contributed by atoms with Crippen molar-refractivity contribution in [3.8, 4) is 0 Å². The molecule has 0 radical (unpaired) electrons. The van der Waals surface area contributed by atoms with Crippen molar-refractivity contribution in [3.63, 3.8) is 0 Å². The van der Waals surface area contributed by atoms with Gasteiger partial charge in [0, 0.05) is 0 Å². The van der Waals surface area contributed by atoms with Crippen LogP contribution >= 0.6 is 11.6 Å². The Hall–Kier alpha value is -1.91. The summed E-state index contributed by atoms with van der Waals surface area (Å²) in [4.78, 5) is 14.6. The van der Waals surface area contributed by atoms with Crippen LogP contribution in [-0.2, 0) is 4.79 Å². The minimum atomic E-state index is -0.438. The Balaban J connectivity index is 2.26. The van der Waals surface area contributed by atoms with Crippen LogP contribution in [0.2, 0.25) is 5.02 Å². The molecule has 0 aliphatic heterocycles. The molecule has 22 heavy (non-hydrogen) atoms. The first-order valence-electron chi connectivity index (χ1n) is 7.04. The van der Waals surface area contributed by atoms with E-state index >= 15 is 0 Å². The normalized spacial score (nSPS) is 12.2. The highest BCUT2D eigenvalue weighted by molar-refractivity contribution is 6.33. The van der Waals surface area contributed by atoms with Gasteiger partial charge in [0.05, 0.1) is 10.7 Å². The third-order valence-electron chi connectivity index (χ3n) is 3.49. The lowest BCUT2D eigenvalue weighted by molar-refractivity contribution is -0.121. The van der Waals surface area contributed by atoms with Crippen molar-refractivity contribution in [3.05, 3.63) is 64.9 Å². The SMILES string of the molecule is CCN(C)[C@@H](C(=O)Nc1ccc(F)cc1Cl)c1ccccc1. The van der Waals surface area contributed by atoms with E-state index in [-0.39, 0.29) is 10.9 Å². The lowest BCUT2D eigenvalue weighted by Gasteiger charge is -2.26. The van der Waals surface area contributed by atoms with Crippen LogP contribution in [0, 0.1) is 5.82 Å². The highest BCUT2D eigenvalue weighted by Gasteiger charge is 2.24. The Morgan fingerprint density at radius 1 is 1.27 bits per heavy atom. The fraction of sp³-hybridized carbons (Fsp3) is 0.235. The van der Waals surface area contributed by atoms with Gasteiger partial charge in [-0.05, 0) is 37.4 Å². The molecule has 5 heteroatoms. The average Bonchev–Trinajstić information content (AvgIpc) is 2.51. The number of anilines is 1. The first-order chi connectivity index (χ1) is 10.5. The Labute approximate surface area is 134 Å². The predicted octanol–water partition coefficient (Wildman–Crippen LogP) is 4.11. The summed E-state index contributed by atoms with van der Waals surface area (Å²) in [6.07, 6.45) is 0. The summed E-state index contributed by atoms with van der Waals surface area (Å²) < 4.78 is 13.1. The topological polar surface area (TPSA) is 32.3 Å². The molecule has 0 fully saturated rings. The van der Waals surface area contributed by atoms with Crippen LogP contribution in [0.1, 0.15) is 18.5 Å². The third-order valence-corrected chi connectivity index (χ3v) is 3.80. The van der Waals surface area contributed by atoms with Crippen molar-refractivity contribution in [1.29, 1.82) is 0 Å². The van der Waals surface area contributed by atoms with Crippen molar-refractivity contribution in [2.75, 3.05) is 18.9 Å². The molecular weight excluding hydrogens is 303 g/mol. The minimum absolute atomic E-state index is 0.180. The Morgan fingerprint density at radius 3 is 2.55 bits per heavy atom. The van der Waals surface area contributed by atoms with Gasteiger partial charge >= 0.3 is 0 Å². The van der Waals surface area contributed by atoms with Gasteiger partial charge in [-0.1, -0.05) is 48.9 Å². The summed E-state index contributed by atoms with van der Waals surface area (Å²) in [5.74, 6) is -0.641. The number of rotatable bonds is 5. The molecule has 0 spiro atoms. The van der Waals surface area contributed by atoms with Gasteiger partial charge in [-0.25, -0.2) is 4.39 Å². The van der Waals surface area contributed by atoms with Crippen molar-refractivity contribution in [2.24, 2.45) is 0 Å². The van der Waals surface area contributed by atoms with Gasteiger partial charge in [0.25, 0.3) is 0 Å². The zero-order valence-corrected chi connectivity index (χ0v) is 13.3. The second-order valence-electron chi connectivity index (χ2n) is 5.00. The van der Waals surface area contributed by atoms with Crippen molar-refractivity contribution in [1.82, 2.24) is 4.90 Å². The van der Waals surface area contributed by atoms with E-state index in [1.165, 1.54) is 18.2 Å². The number of halogens is 2. The van der Waals surface area contributed by atoms with Crippen LogP contribution in [0.15, 0.2) is 48.5 Å². The number of carbonyl (C=O) groups is 1. The summed E-state index contributed by atoms with van der Waals surface area (Å²) in [6, 6.07) is 13.0. The number of likely N-dealkylation sites (N-methyl/N-ethyl adjacent to an activating group) is 1. The zero-order chi connectivity index (χ0) is 16.1. The molecule has 3 nitrogen and oxygen atoms in total. The highest BCUT2D eigenvalue weighted by Crippen LogP contribution is 2.26. The van der Waals surface area contributed by atoms with Gasteiger partial charge < -0.3 is 5.32 Å². The van der Waals surface area contributed by atoms with Crippen LogP contribution in [0.25, 0.3) is 0 Å². The van der Waals surface area contributed by atoms with Crippen LogP contribution < -0.4 is 5.32 Å². The van der Waals surface area contributed by atoms with E-state index in [0.29, 0.717) is 12.2 Å². The molecule has 0 saturated heterocycles. The summed E-state index contributed by atoms with van der Waals surface area (Å²) in [7, 11) is 1.88. The van der Waals surface area contributed by atoms with Crippen molar-refractivity contribution >= 4 is 23.2 Å². The maximum absolute atomic E-state index is 13.1. The quantitative estimate of drug-likeness (QED) is 0.899. The molecule has 0 aliphatic carbocycles. The molecule has 116 valence electrons. The number of benzene rings is 2. The average molecular weight is 321 g/mol. The molecule has 0 heterocycles. The van der Waals surface area contributed by atoms with Gasteiger partial charge in [0.2, 0.25) is 5.91 Å². The van der Waals surface area contributed by atoms with Gasteiger partial charge in [0.15, 0.2) is 0 Å². The summed E-state index contributed by atoms with van der Waals surface area (Å²) in [6.45, 7) is 2.69. The number of nitrogens with one attached hydrogen (secondary N) is 1. The van der Waals surface area contributed by atoms with Crippen LogP contribution in [-0.4, -0.2) is 24.4 Å². The molecule has 2 aromatic rings. The zero-order valence-electron chi connectivity index (χ0n) is 12.5. The number of amides is 1. The van der Waals surface area contributed by atoms with Crippen molar-refractivity contribution in [2.45, 2.75) is 13.0 Å². The van der Waals surface area contributed by atoms with E-state index in [1.54, 1.807) is 0 Å². The fourth-order valence-electron chi connectivity index (χ4n) is 2.22. The van der Waals surface area contributed by atoms with Gasteiger partial charge in [-0.2, -0.15) is 0 Å².